The lowest BCUT2D eigenvalue weighted by molar-refractivity contribution is 0.368. The van der Waals surface area contributed by atoms with Crippen molar-refractivity contribution in [3.8, 4) is 0 Å². The quantitative estimate of drug-likeness (QED) is 0.383. The molecular formula is C7H5BF6N2. The average Bonchev–Trinajstić information content (AvgIpc) is 2.12. The molecule has 16 heavy (non-hydrogen) atoms. The number of nitrogens with zero attached hydrogens (tertiary/aromatic N) is 2. The number of diazo groups is 1. The summed E-state index contributed by atoms with van der Waals surface area (Å²) in [6, 6.07) is 2.12. The van der Waals surface area contributed by atoms with Gasteiger partial charge in [0.1, 0.15) is 5.82 Å². The van der Waals surface area contributed by atoms with Crippen molar-refractivity contribution in [2.75, 3.05) is 0 Å². The lowest BCUT2D eigenvalue weighted by Crippen LogP contribution is -2.02. The van der Waals surface area contributed by atoms with Gasteiger partial charge in [0.15, 0.2) is 4.98 Å². The van der Waals surface area contributed by atoms with E-state index < -0.39 is 18.9 Å². The molecule has 0 aliphatic rings. The first kappa shape index (κ1) is 14.3. The Morgan fingerprint density at radius 3 is 1.94 bits per heavy atom. The fourth-order valence-electron chi connectivity index (χ4n) is 0.724. The van der Waals surface area contributed by atoms with E-state index in [0.29, 0.717) is 0 Å². The van der Waals surface area contributed by atoms with Gasteiger partial charge in [0.05, 0.1) is 0 Å². The molecule has 0 amide bonds. The highest BCUT2D eigenvalue weighted by Crippen LogP contribution is 2.22. The molecule has 88 valence electrons. The van der Waals surface area contributed by atoms with E-state index in [0.717, 1.165) is 12.1 Å². The lowest BCUT2D eigenvalue weighted by atomic mass is 10.2. The van der Waals surface area contributed by atoms with Crippen molar-refractivity contribution < 1.29 is 26.0 Å². The third-order valence-electron chi connectivity index (χ3n) is 1.41. The third-order valence-corrected chi connectivity index (χ3v) is 1.41. The van der Waals surface area contributed by atoms with Crippen molar-refractivity contribution in [3.63, 3.8) is 0 Å². The average molecular weight is 242 g/mol. The molecule has 0 spiro atoms. The Kier molecular flexibility index (Phi) is 4.81. The Balaban J connectivity index is 0.000000385. The van der Waals surface area contributed by atoms with E-state index in [1.807, 2.05) is 0 Å². The minimum absolute atomic E-state index is 0.139. The Bertz CT molecular complexity index is 405. The summed E-state index contributed by atoms with van der Waals surface area (Å²) in [6.07, 6.45) is 0. The molecular weight excluding hydrogens is 237 g/mol. The van der Waals surface area contributed by atoms with Crippen LogP contribution < -0.4 is 0 Å². The first-order valence-corrected chi connectivity index (χ1v) is 3.84. The van der Waals surface area contributed by atoms with E-state index >= 15 is 0 Å². The topological polar surface area (TPSA) is 28.1 Å². The minimum Gasteiger partial charge on any atom is -0.418 e. The number of rotatable bonds is 0. The van der Waals surface area contributed by atoms with Crippen LogP contribution in [0.4, 0.5) is 31.7 Å². The zero-order valence-corrected chi connectivity index (χ0v) is 7.89. The van der Waals surface area contributed by atoms with Crippen LogP contribution in [0.1, 0.15) is 5.56 Å². The standard InChI is InChI=1S/C7H5F2N2.BF4/c1-4-5(8)2-3-6(11-10)7(4)9;2-1(3,4)5/h2-3H,1H3;/q+1;-1. The zero-order chi connectivity index (χ0) is 12.9. The summed E-state index contributed by atoms with van der Waals surface area (Å²) >= 11 is 0. The number of hydrogen-bond acceptors (Lipinski definition) is 1. The van der Waals surface area contributed by atoms with Gasteiger partial charge in [-0.3, -0.25) is 0 Å². The number of benzene rings is 1. The monoisotopic (exact) mass is 242 g/mol. The Labute approximate surface area is 86.6 Å². The summed E-state index contributed by atoms with van der Waals surface area (Å²) in [5, 5.41) is 8.20. The van der Waals surface area contributed by atoms with Crippen LogP contribution in [0.25, 0.3) is 4.98 Å². The molecule has 1 aromatic carbocycles. The molecule has 2 nitrogen and oxygen atoms in total. The van der Waals surface area contributed by atoms with Gasteiger partial charge >= 0.3 is 12.9 Å². The van der Waals surface area contributed by atoms with Crippen LogP contribution >= 0.6 is 0 Å². The largest absolute Gasteiger partial charge is 0.673 e. The third kappa shape index (κ3) is 5.24. The molecule has 0 atom stereocenters. The Hall–Kier alpha value is -1.72. The molecule has 0 aliphatic carbocycles. The van der Waals surface area contributed by atoms with E-state index in [4.69, 9.17) is 5.39 Å². The molecule has 0 bridgehead atoms. The number of halogens is 6. The van der Waals surface area contributed by atoms with Crippen molar-refractivity contribution in [1.82, 2.24) is 0 Å². The molecule has 9 heteroatoms. The fourth-order valence-corrected chi connectivity index (χ4v) is 0.724. The van der Waals surface area contributed by atoms with E-state index in [9.17, 15) is 26.0 Å². The summed E-state index contributed by atoms with van der Waals surface area (Å²) in [7, 11) is -6.00. The van der Waals surface area contributed by atoms with Gasteiger partial charge in [-0.05, 0) is 13.0 Å². The maximum absolute atomic E-state index is 12.8. The second-order valence-corrected chi connectivity index (χ2v) is 2.60. The molecule has 0 aromatic heterocycles. The molecule has 0 saturated heterocycles. The highest BCUT2D eigenvalue weighted by atomic mass is 19.5. The Morgan fingerprint density at radius 1 is 1.12 bits per heavy atom. The van der Waals surface area contributed by atoms with Gasteiger partial charge in [0.25, 0.3) is 0 Å². The first-order valence-electron chi connectivity index (χ1n) is 3.84. The second kappa shape index (κ2) is 5.39. The predicted molar refractivity (Wildman–Crippen MR) is 46.0 cm³/mol. The van der Waals surface area contributed by atoms with E-state index in [1.165, 1.54) is 6.92 Å². The molecule has 1 aromatic rings. The lowest BCUT2D eigenvalue weighted by Gasteiger charge is -1.94. The van der Waals surface area contributed by atoms with E-state index in [-0.39, 0.29) is 11.3 Å². The van der Waals surface area contributed by atoms with Crippen molar-refractivity contribution in [2.24, 2.45) is 0 Å². The van der Waals surface area contributed by atoms with E-state index in [1.54, 1.807) is 0 Å². The molecule has 0 fully saturated rings. The van der Waals surface area contributed by atoms with Crippen LogP contribution in [-0.2, 0) is 0 Å². The molecule has 0 saturated carbocycles. The van der Waals surface area contributed by atoms with Gasteiger partial charge in [-0.25, -0.2) is 4.39 Å². The van der Waals surface area contributed by atoms with Crippen molar-refractivity contribution in [3.05, 3.63) is 34.3 Å². The number of hydrogen-bond donors (Lipinski definition) is 0. The summed E-state index contributed by atoms with van der Waals surface area (Å²) in [6.45, 7) is 1.28. The van der Waals surface area contributed by atoms with Gasteiger partial charge in [-0.15, -0.1) is 0 Å². The van der Waals surface area contributed by atoms with Crippen LogP contribution in [-0.4, -0.2) is 7.25 Å². The van der Waals surface area contributed by atoms with Crippen molar-refractivity contribution >= 4 is 12.9 Å². The highest BCUT2D eigenvalue weighted by molar-refractivity contribution is 6.50. The van der Waals surface area contributed by atoms with Crippen molar-refractivity contribution in [1.29, 1.82) is 5.39 Å². The maximum atomic E-state index is 12.8. The second-order valence-electron chi connectivity index (χ2n) is 2.60. The fraction of sp³-hybridized carbons (Fsp3) is 0.143. The Morgan fingerprint density at radius 2 is 1.56 bits per heavy atom. The molecule has 0 N–H and O–H groups in total. The smallest absolute Gasteiger partial charge is 0.418 e. The SMILES string of the molecule is Cc1c(F)ccc([N+]#N)c1F.F[B-](F)(F)F. The molecule has 1 rings (SSSR count). The minimum atomic E-state index is -6.00. The van der Waals surface area contributed by atoms with E-state index in [2.05, 4.69) is 4.98 Å². The summed E-state index contributed by atoms with van der Waals surface area (Å²) in [5.74, 6) is -1.47. The first-order chi connectivity index (χ1) is 7.16. The molecule has 0 heterocycles. The maximum Gasteiger partial charge on any atom is 0.673 e. The van der Waals surface area contributed by atoms with Crippen molar-refractivity contribution in [2.45, 2.75) is 6.92 Å². The highest BCUT2D eigenvalue weighted by Gasteiger charge is 2.20. The van der Waals surface area contributed by atoms with Crippen LogP contribution in [0.2, 0.25) is 0 Å². The van der Waals surface area contributed by atoms with Gasteiger partial charge in [0, 0.05) is 11.6 Å². The summed E-state index contributed by atoms with van der Waals surface area (Å²) < 4.78 is 64.3. The summed E-state index contributed by atoms with van der Waals surface area (Å²) in [5.41, 5.74) is -0.385. The van der Waals surface area contributed by atoms with Gasteiger partial charge < -0.3 is 17.3 Å². The van der Waals surface area contributed by atoms with Crippen LogP contribution in [0.5, 0.6) is 0 Å². The molecule has 0 unspecified atom stereocenters. The molecule has 0 aliphatic heterocycles. The van der Waals surface area contributed by atoms with Gasteiger partial charge in [0.2, 0.25) is 11.2 Å². The van der Waals surface area contributed by atoms with Gasteiger partial charge in [-0.2, -0.15) is 4.39 Å². The van der Waals surface area contributed by atoms with Crippen LogP contribution in [0, 0.1) is 24.0 Å². The summed E-state index contributed by atoms with van der Waals surface area (Å²) in [4.78, 5) is 2.63. The van der Waals surface area contributed by atoms with Gasteiger partial charge in [-0.1, -0.05) is 0 Å². The van der Waals surface area contributed by atoms with Crippen LogP contribution in [0.15, 0.2) is 12.1 Å². The normalized spacial score (nSPS) is 10.1. The van der Waals surface area contributed by atoms with Crippen LogP contribution in [0.3, 0.4) is 0 Å². The zero-order valence-electron chi connectivity index (χ0n) is 7.89. The predicted octanol–water partition coefficient (Wildman–Crippen LogP) is 4.06. The molecule has 0 radical (unpaired) electrons.